The van der Waals surface area contributed by atoms with Crippen LogP contribution < -0.4 is 16.0 Å². The van der Waals surface area contributed by atoms with Gasteiger partial charge in [0.25, 0.3) is 0 Å². The van der Waals surface area contributed by atoms with Crippen molar-refractivity contribution in [2.45, 2.75) is 95.1 Å². The number of aromatic amines is 1. The monoisotopic (exact) mass is 430 g/mol. The van der Waals surface area contributed by atoms with Gasteiger partial charge in [0, 0.05) is 37.9 Å². The van der Waals surface area contributed by atoms with E-state index < -0.39 is 5.54 Å². The molecule has 7 heteroatoms. The Morgan fingerprint density at radius 1 is 1.23 bits per heavy atom. The van der Waals surface area contributed by atoms with Gasteiger partial charge in [-0.05, 0) is 43.9 Å². The molecule has 1 aromatic heterocycles. The third kappa shape index (κ3) is 7.63. The highest BCUT2D eigenvalue weighted by atomic mass is 16.1. The van der Waals surface area contributed by atoms with Crippen molar-refractivity contribution in [3.05, 3.63) is 18.2 Å². The molecule has 2 aliphatic carbocycles. The fraction of sp³-hybridized carbons (Fsp3) is 0.792. The van der Waals surface area contributed by atoms with E-state index in [0.717, 1.165) is 56.5 Å². The van der Waals surface area contributed by atoms with Crippen LogP contribution in [0.15, 0.2) is 12.5 Å². The van der Waals surface area contributed by atoms with E-state index >= 15 is 0 Å². The summed E-state index contributed by atoms with van der Waals surface area (Å²) in [4.78, 5) is 19.6. The van der Waals surface area contributed by atoms with E-state index in [-0.39, 0.29) is 5.96 Å². The molecule has 0 amide bonds. The van der Waals surface area contributed by atoms with Gasteiger partial charge < -0.3 is 25.7 Å². The molecule has 2 fully saturated rings. The lowest BCUT2D eigenvalue weighted by Gasteiger charge is -2.38. The first-order chi connectivity index (χ1) is 15.1. The van der Waals surface area contributed by atoms with Crippen molar-refractivity contribution in [3.63, 3.8) is 0 Å². The van der Waals surface area contributed by atoms with Gasteiger partial charge in [-0.2, -0.15) is 0 Å². The molecular weight excluding hydrogens is 388 g/mol. The van der Waals surface area contributed by atoms with Gasteiger partial charge >= 0.3 is 0 Å². The van der Waals surface area contributed by atoms with Crippen LogP contribution in [0.3, 0.4) is 0 Å². The molecule has 1 aromatic rings. The predicted octanol–water partition coefficient (Wildman–Crippen LogP) is 3.53. The normalized spacial score (nSPS) is 24.3. The summed E-state index contributed by atoms with van der Waals surface area (Å²) in [6.07, 6.45) is 19.7. The lowest BCUT2D eigenvalue weighted by atomic mass is 9.74. The summed E-state index contributed by atoms with van der Waals surface area (Å²) in [5.41, 5.74) is 0.539. The second kappa shape index (κ2) is 12.2. The Bertz CT molecular complexity index is 657. The number of aldehydes is 1. The number of rotatable bonds is 11. The summed E-state index contributed by atoms with van der Waals surface area (Å²) in [7, 11) is 1.74. The molecule has 0 unspecified atom stereocenters. The van der Waals surface area contributed by atoms with Crippen molar-refractivity contribution < 1.29 is 4.79 Å². The van der Waals surface area contributed by atoms with Crippen molar-refractivity contribution in [2.75, 3.05) is 13.6 Å². The van der Waals surface area contributed by atoms with Gasteiger partial charge in [-0.1, -0.05) is 44.9 Å². The van der Waals surface area contributed by atoms with E-state index in [4.69, 9.17) is 5.41 Å². The van der Waals surface area contributed by atoms with Crippen LogP contribution in [0.2, 0.25) is 0 Å². The summed E-state index contributed by atoms with van der Waals surface area (Å²) in [5, 5.41) is 18.0. The molecule has 0 bridgehead atoms. The van der Waals surface area contributed by atoms with E-state index in [2.05, 4.69) is 25.9 Å². The minimum Gasteiger partial charge on any atom is -0.360 e. The smallest absolute Gasteiger partial charge is 0.188 e. The number of aromatic nitrogens is 2. The highest BCUT2D eigenvalue weighted by Gasteiger charge is 2.36. The lowest BCUT2D eigenvalue weighted by molar-refractivity contribution is -0.114. The lowest BCUT2D eigenvalue weighted by Crippen LogP contribution is -2.54. The Labute approximate surface area is 187 Å². The van der Waals surface area contributed by atoms with Crippen LogP contribution in [-0.4, -0.2) is 47.4 Å². The molecule has 1 heterocycles. The molecule has 5 N–H and O–H groups in total. The Kier molecular flexibility index (Phi) is 9.37. The van der Waals surface area contributed by atoms with Crippen LogP contribution in [-0.2, 0) is 11.2 Å². The Morgan fingerprint density at radius 3 is 2.74 bits per heavy atom. The average Bonchev–Trinajstić information content (AvgIpc) is 3.32. The SMILES string of the molecule is CNC(=N)N[C@](C=O)(CCC1CCCCC1)C[C@H]1CCC[C@@H](NCCc2cnc[nH]2)C1. The van der Waals surface area contributed by atoms with Crippen molar-refractivity contribution in [3.8, 4) is 0 Å². The molecule has 31 heavy (non-hydrogen) atoms. The number of H-pyrrole nitrogens is 1. The number of guanidine groups is 1. The fourth-order valence-corrected chi connectivity index (χ4v) is 5.61. The number of hydrogen-bond acceptors (Lipinski definition) is 4. The molecule has 3 atom stereocenters. The zero-order valence-electron chi connectivity index (χ0n) is 19.2. The molecule has 0 aromatic carbocycles. The molecule has 0 aliphatic heterocycles. The van der Waals surface area contributed by atoms with Crippen LogP contribution in [0.1, 0.15) is 82.7 Å². The molecule has 0 radical (unpaired) electrons. The summed E-state index contributed by atoms with van der Waals surface area (Å²) in [6, 6.07) is 0.508. The number of nitrogens with zero attached hydrogens (tertiary/aromatic N) is 1. The van der Waals surface area contributed by atoms with Gasteiger partial charge in [0.05, 0.1) is 11.9 Å². The molecule has 7 nitrogen and oxygen atoms in total. The van der Waals surface area contributed by atoms with Gasteiger partial charge in [0.2, 0.25) is 0 Å². The number of imidazole rings is 1. The fourth-order valence-electron chi connectivity index (χ4n) is 5.61. The quantitative estimate of drug-likeness (QED) is 0.210. The number of hydrogen-bond donors (Lipinski definition) is 5. The zero-order valence-corrected chi connectivity index (χ0v) is 19.2. The molecule has 2 saturated carbocycles. The van der Waals surface area contributed by atoms with Crippen LogP contribution in [0.25, 0.3) is 0 Å². The Balaban J connectivity index is 1.54. The number of carbonyl (C=O) groups is 1. The van der Waals surface area contributed by atoms with E-state index in [1.54, 1.807) is 13.4 Å². The highest BCUT2D eigenvalue weighted by molar-refractivity contribution is 5.81. The predicted molar refractivity (Wildman–Crippen MR) is 125 cm³/mol. The minimum atomic E-state index is -0.625. The van der Waals surface area contributed by atoms with Crippen molar-refractivity contribution in [1.82, 2.24) is 25.9 Å². The van der Waals surface area contributed by atoms with E-state index in [0.29, 0.717) is 12.0 Å². The maximum absolute atomic E-state index is 12.4. The first-order valence-electron chi connectivity index (χ1n) is 12.3. The third-order valence-corrected chi connectivity index (χ3v) is 7.39. The van der Waals surface area contributed by atoms with Gasteiger partial charge in [-0.25, -0.2) is 4.98 Å². The number of carbonyl (C=O) groups excluding carboxylic acids is 1. The van der Waals surface area contributed by atoms with Gasteiger partial charge in [0.1, 0.15) is 6.29 Å². The highest BCUT2D eigenvalue weighted by Crippen LogP contribution is 2.35. The van der Waals surface area contributed by atoms with Crippen LogP contribution in [0.5, 0.6) is 0 Å². The first-order valence-corrected chi connectivity index (χ1v) is 12.3. The second-order valence-electron chi connectivity index (χ2n) is 9.78. The standard InChI is InChI=1S/C24H42N6O/c1-26-23(25)30-24(17-31,12-10-19-6-3-2-4-7-19)15-20-8-5-9-21(14-20)28-13-11-22-16-27-18-29-22/h16-21,28H,2-15H2,1H3,(H,27,29)(H3,25,26,30)/t20-,21+,24+/m0/s1. The average molecular weight is 431 g/mol. The maximum Gasteiger partial charge on any atom is 0.188 e. The third-order valence-electron chi connectivity index (χ3n) is 7.39. The molecule has 0 saturated heterocycles. The van der Waals surface area contributed by atoms with Gasteiger partial charge in [-0.3, -0.25) is 5.41 Å². The molecule has 3 rings (SSSR count). The van der Waals surface area contributed by atoms with Crippen molar-refractivity contribution in [1.29, 1.82) is 5.41 Å². The summed E-state index contributed by atoms with van der Waals surface area (Å²) in [5.74, 6) is 1.50. The molecule has 2 aliphatic rings. The van der Waals surface area contributed by atoms with Crippen LogP contribution in [0.4, 0.5) is 0 Å². The first kappa shape index (κ1) is 23.8. The van der Waals surface area contributed by atoms with Gasteiger partial charge in [0.15, 0.2) is 5.96 Å². The summed E-state index contributed by atoms with van der Waals surface area (Å²) >= 11 is 0. The van der Waals surface area contributed by atoms with E-state index in [9.17, 15) is 4.79 Å². The van der Waals surface area contributed by atoms with Crippen LogP contribution in [0, 0.1) is 17.2 Å². The summed E-state index contributed by atoms with van der Waals surface area (Å²) < 4.78 is 0. The summed E-state index contributed by atoms with van der Waals surface area (Å²) in [6.45, 7) is 0.947. The topological polar surface area (TPSA) is 106 Å². The second-order valence-corrected chi connectivity index (χ2v) is 9.78. The molecular formula is C24H42N6O. The van der Waals surface area contributed by atoms with Gasteiger partial charge in [-0.15, -0.1) is 0 Å². The van der Waals surface area contributed by atoms with Crippen molar-refractivity contribution >= 4 is 12.2 Å². The van der Waals surface area contributed by atoms with E-state index in [1.165, 1.54) is 51.4 Å². The maximum atomic E-state index is 12.4. The largest absolute Gasteiger partial charge is 0.360 e. The zero-order chi connectivity index (χ0) is 21.9. The van der Waals surface area contributed by atoms with E-state index in [1.807, 2.05) is 6.20 Å². The number of nitrogens with one attached hydrogen (secondary N) is 5. The minimum absolute atomic E-state index is 0.251. The molecule has 174 valence electrons. The Morgan fingerprint density at radius 2 is 2.03 bits per heavy atom. The van der Waals surface area contributed by atoms with Crippen molar-refractivity contribution in [2.24, 2.45) is 11.8 Å². The Hall–Kier alpha value is -1.89. The molecule has 0 spiro atoms. The van der Waals surface area contributed by atoms with Crippen LogP contribution >= 0.6 is 0 Å².